The highest BCUT2D eigenvalue weighted by molar-refractivity contribution is 5.33. The third-order valence-electron chi connectivity index (χ3n) is 3.66. The number of likely N-dealkylation sites (tertiary alicyclic amines) is 1. The monoisotopic (exact) mass is 249 g/mol. The van der Waals surface area contributed by atoms with E-state index < -0.39 is 0 Å². The zero-order chi connectivity index (χ0) is 13.0. The molecule has 1 heterocycles. The maximum atomic E-state index is 8.92. The zero-order valence-electron chi connectivity index (χ0n) is 11.4. The molecular weight excluding hydrogens is 226 g/mol. The van der Waals surface area contributed by atoms with Crippen molar-refractivity contribution in [1.82, 2.24) is 4.90 Å². The van der Waals surface area contributed by atoms with E-state index >= 15 is 0 Å². The molecule has 0 saturated carbocycles. The topological polar surface area (TPSA) is 32.7 Å². The highest BCUT2D eigenvalue weighted by atomic mass is 16.5. The second kappa shape index (κ2) is 6.21. The van der Waals surface area contributed by atoms with Crippen molar-refractivity contribution >= 4 is 0 Å². The van der Waals surface area contributed by atoms with Crippen LogP contribution in [-0.2, 0) is 0 Å². The van der Waals surface area contributed by atoms with Crippen LogP contribution in [0.1, 0.15) is 17.5 Å². The molecule has 0 unspecified atom stereocenters. The average Bonchev–Trinajstić information content (AvgIpc) is 2.31. The molecule has 1 N–H and O–H groups in total. The number of rotatable bonds is 6. The molecule has 1 aliphatic heterocycles. The summed E-state index contributed by atoms with van der Waals surface area (Å²) in [6, 6.07) is 6.24. The highest BCUT2D eigenvalue weighted by Crippen LogP contribution is 2.17. The number of ether oxygens (including phenoxy) is 1. The first-order chi connectivity index (χ1) is 8.69. The van der Waals surface area contributed by atoms with Gasteiger partial charge in [-0.05, 0) is 43.5 Å². The Balaban J connectivity index is 1.62. The van der Waals surface area contributed by atoms with Gasteiger partial charge in [-0.1, -0.05) is 6.07 Å². The normalized spacial score (nSPS) is 16.6. The number of aliphatic hydroxyl groups excluding tert-OH is 1. The van der Waals surface area contributed by atoms with Crippen molar-refractivity contribution in [1.29, 1.82) is 0 Å². The van der Waals surface area contributed by atoms with Gasteiger partial charge in [0.15, 0.2) is 0 Å². The smallest absolute Gasteiger partial charge is 0.119 e. The summed E-state index contributed by atoms with van der Waals surface area (Å²) in [5.74, 6) is 1.47. The molecule has 18 heavy (non-hydrogen) atoms. The highest BCUT2D eigenvalue weighted by Gasteiger charge is 2.24. The molecule has 0 bridgehead atoms. The van der Waals surface area contributed by atoms with E-state index in [0.29, 0.717) is 12.5 Å². The van der Waals surface area contributed by atoms with Crippen molar-refractivity contribution in [3.63, 3.8) is 0 Å². The molecular formula is C15H23NO2. The minimum Gasteiger partial charge on any atom is -0.494 e. The Morgan fingerprint density at radius 3 is 2.72 bits per heavy atom. The number of benzene rings is 1. The first kappa shape index (κ1) is 13.4. The summed E-state index contributed by atoms with van der Waals surface area (Å²) in [4.78, 5) is 2.37. The Morgan fingerprint density at radius 2 is 2.06 bits per heavy atom. The summed E-state index contributed by atoms with van der Waals surface area (Å²) in [6.45, 7) is 8.47. The van der Waals surface area contributed by atoms with Gasteiger partial charge in [-0.3, -0.25) is 0 Å². The van der Waals surface area contributed by atoms with Crippen LogP contribution >= 0.6 is 0 Å². The molecule has 1 aromatic carbocycles. The van der Waals surface area contributed by atoms with E-state index in [2.05, 4.69) is 30.9 Å². The minimum absolute atomic E-state index is 0.329. The molecule has 3 nitrogen and oxygen atoms in total. The van der Waals surface area contributed by atoms with E-state index in [9.17, 15) is 0 Å². The molecule has 1 aliphatic rings. The van der Waals surface area contributed by atoms with Crippen LogP contribution in [-0.4, -0.2) is 42.9 Å². The molecule has 0 amide bonds. The summed E-state index contributed by atoms with van der Waals surface area (Å²) >= 11 is 0. The molecule has 0 aliphatic carbocycles. The average molecular weight is 249 g/mol. The van der Waals surface area contributed by atoms with Crippen molar-refractivity contribution in [2.75, 3.05) is 32.8 Å². The van der Waals surface area contributed by atoms with Gasteiger partial charge < -0.3 is 14.7 Å². The van der Waals surface area contributed by atoms with E-state index in [-0.39, 0.29) is 0 Å². The lowest BCUT2D eigenvalue weighted by molar-refractivity contribution is 0.0502. The predicted molar refractivity (Wildman–Crippen MR) is 73.0 cm³/mol. The molecule has 1 saturated heterocycles. The van der Waals surface area contributed by atoms with Gasteiger partial charge in [-0.25, -0.2) is 0 Å². The molecule has 3 heteroatoms. The third-order valence-corrected chi connectivity index (χ3v) is 3.66. The first-order valence-electron chi connectivity index (χ1n) is 6.72. The van der Waals surface area contributed by atoms with Gasteiger partial charge in [0.1, 0.15) is 5.75 Å². The van der Waals surface area contributed by atoms with Gasteiger partial charge in [0.25, 0.3) is 0 Å². The minimum atomic E-state index is 0.329. The van der Waals surface area contributed by atoms with Gasteiger partial charge in [-0.15, -0.1) is 0 Å². The largest absolute Gasteiger partial charge is 0.494 e. The van der Waals surface area contributed by atoms with Crippen molar-refractivity contribution in [2.45, 2.75) is 20.3 Å². The molecule has 1 aromatic rings. The van der Waals surface area contributed by atoms with Gasteiger partial charge in [0, 0.05) is 32.2 Å². The molecule has 2 rings (SSSR count). The summed E-state index contributed by atoms with van der Waals surface area (Å²) in [5.41, 5.74) is 2.58. The van der Waals surface area contributed by atoms with Gasteiger partial charge in [-0.2, -0.15) is 0 Å². The number of hydrogen-bond acceptors (Lipinski definition) is 3. The van der Waals surface area contributed by atoms with Gasteiger partial charge in [0.05, 0.1) is 6.61 Å². The number of aliphatic hydroxyl groups is 1. The Morgan fingerprint density at radius 1 is 1.28 bits per heavy atom. The first-order valence-corrected chi connectivity index (χ1v) is 6.72. The molecule has 100 valence electrons. The second-order valence-corrected chi connectivity index (χ2v) is 5.26. The zero-order valence-corrected chi connectivity index (χ0v) is 11.4. The quantitative estimate of drug-likeness (QED) is 0.783. The fraction of sp³-hybridized carbons (Fsp3) is 0.600. The van der Waals surface area contributed by atoms with Crippen molar-refractivity contribution in [3.8, 4) is 5.75 Å². The Bertz CT molecular complexity index is 386. The van der Waals surface area contributed by atoms with Gasteiger partial charge >= 0.3 is 0 Å². The van der Waals surface area contributed by atoms with Crippen LogP contribution in [0.4, 0.5) is 0 Å². The maximum Gasteiger partial charge on any atom is 0.119 e. The summed E-state index contributed by atoms with van der Waals surface area (Å²) in [7, 11) is 0. The van der Waals surface area contributed by atoms with Gasteiger partial charge in [0.2, 0.25) is 0 Å². The van der Waals surface area contributed by atoms with Crippen LogP contribution in [0.3, 0.4) is 0 Å². The molecule has 0 aromatic heterocycles. The second-order valence-electron chi connectivity index (χ2n) is 5.26. The standard InChI is InChI=1S/C15H23NO2/c1-12-4-5-15(8-13(12)2)18-7-3-6-16-9-14(10-16)11-17/h4-5,8,14,17H,3,6-7,9-11H2,1-2H3. The number of hydrogen-bond donors (Lipinski definition) is 1. The van der Waals surface area contributed by atoms with E-state index in [1.54, 1.807) is 0 Å². The van der Waals surface area contributed by atoms with E-state index in [1.807, 2.05) is 6.07 Å². The van der Waals surface area contributed by atoms with Crippen LogP contribution in [0, 0.1) is 19.8 Å². The Hall–Kier alpha value is -1.06. The van der Waals surface area contributed by atoms with Crippen LogP contribution in [0.5, 0.6) is 5.75 Å². The van der Waals surface area contributed by atoms with Crippen LogP contribution < -0.4 is 4.74 Å². The Labute approximate surface area is 109 Å². The van der Waals surface area contributed by atoms with E-state index in [4.69, 9.17) is 9.84 Å². The molecule has 1 fully saturated rings. The predicted octanol–water partition coefficient (Wildman–Crippen LogP) is 2.00. The maximum absolute atomic E-state index is 8.92. The summed E-state index contributed by atoms with van der Waals surface area (Å²) in [6.07, 6.45) is 1.05. The van der Waals surface area contributed by atoms with Crippen LogP contribution in [0.15, 0.2) is 18.2 Å². The molecule has 0 atom stereocenters. The van der Waals surface area contributed by atoms with E-state index in [1.165, 1.54) is 11.1 Å². The Kier molecular flexibility index (Phi) is 4.61. The lowest BCUT2D eigenvalue weighted by Crippen LogP contribution is -2.48. The summed E-state index contributed by atoms with van der Waals surface area (Å²) < 4.78 is 5.74. The molecule has 0 radical (unpaired) electrons. The SMILES string of the molecule is Cc1ccc(OCCCN2CC(CO)C2)cc1C. The third kappa shape index (κ3) is 3.47. The van der Waals surface area contributed by atoms with Crippen LogP contribution in [0.2, 0.25) is 0 Å². The lowest BCUT2D eigenvalue weighted by Gasteiger charge is -2.38. The van der Waals surface area contributed by atoms with E-state index in [0.717, 1.165) is 38.4 Å². The summed E-state index contributed by atoms with van der Waals surface area (Å²) in [5, 5.41) is 8.92. The van der Waals surface area contributed by atoms with Crippen molar-refractivity contribution in [2.24, 2.45) is 5.92 Å². The lowest BCUT2D eigenvalue weighted by atomic mass is 10.0. The fourth-order valence-corrected chi connectivity index (χ4v) is 2.26. The van der Waals surface area contributed by atoms with Crippen molar-refractivity contribution in [3.05, 3.63) is 29.3 Å². The fourth-order valence-electron chi connectivity index (χ4n) is 2.26. The van der Waals surface area contributed by atoms with Crippen molar-refractivity contribution < 1.29 is 9.84 Å². The molecule has 0 spiro atoms. The van der Waals surface area contributed by atoms with Crippen LogP contribution in [0.25, 0.3) is 0 Å². The number of aryl methyl sites for hydroxylation is 2. The number of nitrogens with zero attached hydrogens (tertiary/aromatic N) is 1.